The fourth-order valence-corrected chi connectivity index (χ4v) is 3.44. The molecule has 0 bridgehead atoms. The van der Waals surface area contributed by atoms with Gasteiger partial charge in [0.15, 0.2) is 0 Å². The molecule has 0 fully saturated rings. The first-order chi connectivity index (χ1) is 12.9. The van der Waals surface area contributed by atoms with Crippen LogP contribution >= 0.6 is 11.6 Å². The number of sulfonamides is 1. The lowest BCUT2D eigenvalue weighted by Gasteiger charge is -2.09. The molecule has 0 radical (unpaired) electrons. The van der Waals surface area contributed by atoms with E-state index in [1.165, 1.54) is 42.8 Å². The highest BCUT2D eigenvalue weighted by atomic mass is 35.5. The molecule has 0 aliphatic rings. The Labute approximate surface area is 160 Å². The average Bonchev–Trinajstić information content (AvgIpc) is 3.15. The molecule has 2 aromatic carbocycles. The number of carbonyl (C=O) groups is 1. The molecule has 2 N–H and O–H groups in total. The van der Waals surface area contributed by atoms with Gasteiger partial charge in [-0.25, -0.2) is 13.8 Å². The van der Waals surface area contributed by atoms with E-state index in [0.29, 0.717) is 16.5 Å². The molecule has 1 amide bonds. The van der Waals surface area contributed by atoms with E-state index in [9.17, 15) is 13.2 Å². The van der Waals surface area contributed by atoms with Gasteiger partial charge in [-0.3, -0.25) is 9.52 Å². The summed E-state index contributed by atoms with van der Waals surface area (Å²) in [6.45, 7) is 0. The van der Waals surface area contributed by atoms with Crippen LogP contribution in [0.2, 0.25) is 5.02 Å². The maximum atomic E-state index is 12.5. The molecule has 0 spiro atoms. The molecule has 0 aliphatic carbocycles. The minimum Gasteiger partial charge on any atom is -0.463 e. The maximum Gasteiger partial charge on any atom is 0.271 e. The Morgan fingerprint density at radius 3 is 2.63 bits per heavy atom. The molecule has 27 heavy (non-hydrogen) atoms. The first-order valence-corrected chi connectivity index (χ1v) is 9.55. The Morgan fingerprint density at radius 2 is 1.89 bits per heavy atom. The predicted molar refractivity (Wildman–Crippen MR) is 102 cm³/mol. The zero-order valence-corrected chi connectivity index (χ0v) is 15.4. The molecule has 0 aliphatic heterocycles. The van der Waals surface area contributed by atoms with Crippen molar-refractivity contribution in [3.05, 3.63) is 83.3 Å². The van der Waals surface area contributed by atoms with Crippen molar-refractivity contribution in [2.24, 2.45) is 5.10 Å². The van der Waals surface area contributed by atoms with Gasteiger partial charge in [0.2, 0.25) is 0 Å². The smallest absolute Gasteiger partial charge is 0.271 e. The molecule has 9 heteroatoms. The molecule has 1 heterocycles. The van der Waals surface area contributed by atoms with Gasteiger partial charge < -0.3 is 4.42 Å². The summed E-state index contributed by atoms with van der Waals surface area (Å²) in [5.41, 5.74) is 2.77. The van der Waals surface area contributed by atoms with Gasteiger partial charge in [0.05, 0.1) is 23.1 Å². The Balaban J connectivity index is 1.74. The van der Waals surface area contributed by atoms with E-state index in [4.69, 9.17) is 16.0 Å². The van der Waals surface area contributed by atoms with Crippen molar-refractivity contribution in [2.75, 3.05) is 4.72 Å². The van der Waals surface area contributed by atoms with Crippen LogP contribution < -0.4 is 10.1 Å². The second kappa shape index (κ2) is 8.07. The van der Waals surface area contributed by atoms with Crippen molar-refractivity contribution < 1.29 is 17.6 Å². The molecule has 138 valence electrons. The summed E-state index contributed by atoms with van der Waals surface area (Å²) in [4.78, 5) is 12.1. The number of furan rings is 1. The number of anilines is 1. The lowest BCUT2D eigenvalue weighted by molar-refractivity contribution is 0.0955. The lowest BCUT2D eigenvalue weighted by atomic mass is 10.2. The molecular weight excluding hydrogens is 390 g/mol. The number of rotatable bonds is 6. The molecule has 3 rings (SSSR count). The number of amides is 1. The van der Waals surface area contributed by atoms with Crippen molar-refractivity contribution in [1.29, 1.82) is 0 Å². The Morgan fingerprint density at radius 1 is 1.07 bits per heavy atom. The Hall–Kier alpha value is -3.10. The topological polar surface area (TPSA) is 101 Å². The van der Waals surface area contributed by atoms with Gasteiger partial charge >= 0.3 is 0 Å². The van der Waals surface area contributed by atoms with E-state index < -0.39 is 15.9 Å². The summed E-state index contributed by atoms with van der Waals surface area (Å²) in [5.74, 6) is -0.0880. The van der Waals surface area contributed by atoms with Crippen molar-refractivity contribution in [3.63, 3.8) is 0 Å². The van der Waals surface area contributed by atoms with Crippen LogP contribution in [0.5, 0.6) is 0 Å². The van der Waals surface area contributed by atoms with Crippen molar-refractivity contribution in [1.82, 2.24) is 5.43 Å². The van der Waals surface area contributed by atoms with Crippen LogP contribution in [0, 0.1) is 0 Å². The number of hydrogen-bond donors (Lipinski definition) is 2. The quantitative estimate of drug-likeness (QED) is 0.485. The minimum atomic E-state index is -3.88. The monoisotopic (exact) mass is 403 g/mol. The van der Waals surface area contributed by atoms with Crippen molar-refractivity contribution in [2.45, 2.75) is 4.90 Å². The number of hydrogen-bond acceptors (Lipinski definition) is 5. The van der Waals surface area contributed by atoms with Gasteiger partial charge in [-0.15, -0.1) is 0 Å². The molecule has 7 nitrogen and oxygen atoms in total. The van der Waals surface area contributed by atoms with Gasteiger partial charge in [-0.1, -0.05) is 23.7 Å². The van der Waals surface area contributed by atoms with E-state index in [1.807, 2.05) is 0 Å². The van der Waals surface area contributed by atoms with E-state index in [1.54, 1.807) is 30.3 Å². The predicted octanol–water partition coefficient (Wildman–Crippen LogP) is 3.50. The zero-order chi connectivity index (χ0) is 19.3. The molecular formula is C18H14ClN3O4S. The minimum absolute atomic E-state index is 0.0647. The highest BCUT2D eigenvalue weighted by molar-refractivity contribution is 7.92. The van der Waals surface area contributed by atoms with Crippen LogP contribution in [0.25, 0.3) is 0 Å². The van der Waals surface area contributed by atoms with E-state index in [-0.39, 0.29) is 10.5 Å². The second-order valence-electron chi connectivity index (χ2n) is 5.36. The SMILES string of the molecule is O=C(NN=Cc1ccco1)c1cccc(S(=O)(=O)Nc2cccc(Cl)c2)c1. The van der Waals surface area contributed by atoms with E-state index in [2.05, 4.69) is 15.2 Å². The summed E-state index contributed by atoms with van der Waals surface area (Å²) in [6, 6.07) is 15.3. The Kier molecular flexibility index (Phi) is 5.58. The normalized spacial score (nSPS) is 11.4. The number of carbonyl (C=O) groups excluding carboxylic acids is 1. The van der Waals surface area contributed by atoms with Crippen LogP contribution in [-0.4, -0.2) is 20.5 Å². The van der Waals surface area contributed by atoms with Gasteiger partial charge in [-0.05, 0) is 48.5 Å². The van der Waals surface area contributed by atoms with E-state index in [0.717, 1.165) is 0 Å². The summed E-state index contributed by atoms with van der Waals surface area (Å²) in [5, 5.41) is 4.16. The molecule has 0 unspecified atom stereocenters. The highest BCUT2D eigenvalue weighted by Crippen LogP contribution is 2.20. The first-order valence-electron chi connectivity index (χ1n) is 7.69. The molecule has 1 aromatic heterocycles. The maximum absolute atomic E-state index is 12.5. The van der Waals surface area contributed by atoms with Crippen LogP contribution in [0.3, 0.4) is 0 Å². The first kappa shape index (κ1) is 18.7. The number of nitrogens with zero attached hydrogens (tertiary/aromatic N) is 1. The summed E-state index contributed by atoms with van der Waals surface area (Å²) < 4.78 is 32.5. The summed E-state index contributed by atoms with van der Waals surface area (Å²) in [6.07, 6.45) is 2.81. The number of benzene rings is 2. The number of hydrazone groups is 1. The van der Waals surface area contributed by atoms with Crippen LogP contribution in [0.15, 0.2) is 81.3 Å². The van der Waals surface area contributed by atoms with Crippen LogP contribution in [0.1, 0.15) is 16.1 Å². The van der Waals surface area contributed by atoms with E-state index >= 15 is 0 Å². The van der Waals surface area contributed by atoms with Gasteiger partial charge in [0.25, 0.3) is 15.9 Å². The molecule has 3 aromatic rings. The highest BCUT2D eigenvalue weighted by Gasteiger charge is 2.16. The third-order valence-electron chi connectivity index (χ3n) is 3.38. The van der Waals surface area contributed by atoms with Gasteiger partial charge in [0, 0.05) is 10.6 Å². The van der Waals surface area contributed by atoms with Crippen molar-refractivity contribution in [3.8, 4) is 0 Å². The fourth-order valence-electron chi connectivity index (χ4n) is 2.15. The molecule has 0 saturated carbocycles. The molecule has 0 atom stereocenters. The van der Waals surface area contributed by atoms with Gasteiger partial charge in [-0.2, -0.15) is 5.10 Å². The fraction of sp³-hybridized carbons (Fsp3) is 0. The largest absolute Gasteiger partial charge is 0.463 e. The lowest BCUT2D eigenvalue weighted by Crippen LogP contribution is -2.19. The third-order valence-corrected chi connectivity index (χ3v) is 5.00. The summed E-state index contributed by atoms with van der Waals surface area (Å²) >= 11 is 5.86. The third kappa shape index (κ3) is 4.96. The average molecular weight is 404 g/mol. The number of halogens is 1. The second-order valence-corrected chi connectivity index (χ2v) is 7.48. The standard InChI is InChI=1S/C18H14ClN3O4S/c19-14-5-2-6-15(11-14)22-27(24,25)17-8-1-4-13(10-17)18(23)21-20-12-16-7-3-9-26-16/h1-12,22H,(H,21,23). The van der Waals surface area contributed by atoms with Crippen LogP contribution in [-0.2, 0) is 10.0 Å². The Bertz CT molecular complexity index is 1080. The zero-order valence-electron chi connectivity index (χ0n) is 13.8. The van der Waals surface area contributed by atoms with Crippen molar-refractivity contribution >= 4 is 39.4 Å². The number of nitrogens with one attached hydrogen (secondary N) is 2. The molecule has 0 saturated heterocycles. The van der Waals surface area contributed by atoms with Crippen LogP contribution in [0.4, 0.5) is 5.69 Å². The summed E-state index contributed by atoms with van der Waals surface area (Å²) in [7, 11) is -3.88. The van der Waals surface area contributed by atoms with Gasteiger partial charge in [0.1, 0.15) is 5.76 Å².